The molecular formula is C17H23ClF2N2O. The Morgan fingerprint density at radius 2 is 2.13 bits per heavy atom. The van der Waals surface area contributed by atoms with E-state index in [-0.39, 0.29) is 30.2 Å². The van der Waals surface area contributed by atoms with E-state index in [0.717, 1.165) is 37.6 Å². The lowest BCUT2D eigenvalue weighted by atomic mass is 9.96. The number of hydrogen-bond donors (Lipinski definition) is 2. The highest BCUT2D eigenvalue weighted by molar-refractivity contribution is 5.85. The molecule has 3 atom stereocenters. The van der Waals surface area contributed by atoms with Crippen molar-refractivity contribution in [3.8, 4) is 0 Å². The van der Waals surface area contributed by atoms with Crippen molar-refractivity contribution in [2.75, 3.05) is 19.6 Å². The Morgan fingerprint density at radius 1 is 1.30 bits per heavy atom. The Balaban J connectivity index is 0.00000192. The molecule has 23 heavy (non-hydrogen) atoms. The van der Waals surface area contributed by atoms with Crippen LogP contribution in [0, 0.1) is 23.5 Å². The van der Waals surface area contributed by atoms with Gasteiger partial charge in [0.25, 0.3) is 0 Å². The Morgan fingerprint density at radius 3 is 2.83 bits per heavy atom. The molecule has 3 unspecified atom stereocenters. The minimum Gasteiger partial charge on any atom is -0.356 e. The smallest absolute Gasteiger partial charge is 0.223 e. The van der Waals surface area contributed by atoms with Crippen molar-refractivity contribution in [2.24, 2.45) is 11.8 Å². The molecule has 128 valence electrons. The summed E-state index contributed by atoms with van der Waals surface area (Å²) in [5.41, 5.74) is 0.718. The molecule has 3 rings (SSSR count). The second kappa shape index (κ2) is 8.06. The van der Waals surface area contributed by atoms with Crippen molar-refractivity contribution in [1.82, 2.24) is 10.6 Å². The monoisotopic (exact) mass is 344 g/mol. The zero-order chi connectivity index (χ0) is 15.5. The zero-order valence-corrected chi connectivity index (χ0v) is 13.8. The second-order valence-corrected chi connectivity index (χ2v) is 6.41. The second-order valence-electron chi connectivity index (χ2n) is 6.41. The van der Waals surface area contributed by atoms with Crippen LogP contribution in [0.5, 0.6) is 0 Å². The first-order valence-corrected chi connectivity index (χ1v) is 8.08. The summed E-state index contributed by atoms with van der Waals surface area (Å²) in [4.78, 5) is 12.1. The fourth-order valence-corrected chi connectivity index (χ4v) is 3.30. The van der Waals surface area contributed by atoms with Crippen LogP contribution >= 0.6 is 12.4 Å². The molecule has 2 fully saturated rings. The first-order valence-electron chi connectivity index (χ1n) is 8.08. The highest BCUT2D eigenvalue weighted by Crippen LogP contribution is 2.47. The largest absolute Gasteiger partial charge is 0.356 e. The minimum atomic E-state index is -0.841. The fraction of sp³-hybridized carbons (Fsp3) is 0.588. The predicted molar refractivity (Wildman–Crippen MR) is 87.7 cm³/mol. The zero-order valence-electron chi connectivity index (χ0n) is 13.0. The van der Waals surface area contributed by atoms with Gasteiger partial charge in [0.15, 0.2) is 11.6 Å². The molecule has 3 nitrogen and oxygen atoms in total. The molecule has 0 radical (unpaired) electrons. The summed E-state index contributed by atoms with van der Waals surface area (Å²) >= 11 is 0. The van der Waals surface area contributed by atoms with Crippen LogP contribution in [0.1, 0.15) is 37.2 Å². The number of nitrogens with one attached hydrogen (secondary N) is 2. The van der Waals surface area contributed by atoms with Gasteiger partial charge in [-0.2, -0.15) is 0 Å². The molecule has 1 aliphatic heterocycles. The normalized spacial score (nSPS) is 26.3. The van der Waals surface area contributed by atoms with Crippen LogP contribution in [0.4, 0.5) is 8.78 Å². The fourth-order valence-electron chi connectivity index (χ4n) is 3.30. The van der Waals surface area contributed by atoms with Crippen molar-refractivity contribution in [2.45, 2.75) is 31.6 Å². The van der Waals surface area contributed by atoms with Gasteiger partial charge in [0, 0.05) is 12.5 Å². The molecule has 1 saturated carbocycles. The van der Waals surface area contributed by atoms with E-state index >= 15 is 0 Å². The third kappa shape index (κ3) is 4.64. The van der Waals surface area contributed by atoms with Gasteiger partial charge in [0.1, 0.15) is 0 Å². The third-order valence-corrected chi connectivity index (χ3v) is 4.75. The maximum absolute atomic E-state index is 13.2. The van der Waals surface area contributed by atoms with E-state index in [1.54, 1.807) is 6.07 Å². The highest BCUT2D eigenvalue weighted by Gasteiger charge is 2.44. The molecule has 1 aliphatic carbocycles. The quantitative estimate of drug-likeness (QED) is 0.862. The SMILES string of the molecule is Cl.O=C(NCCC1CCCNC1)C1CC1c1ccc(F)c(F)c1. The molecule has 0 spiro atoms. The Bertz CT molecular complexity index is 549. The van der Waals surface area contributed by atoms with Gasteiger partial charge >= 0.3 is 0 Å². The van der Waals surface area contributed by atoms with Gasteiger partial charge in [-0.15, -0.1) is 12.4 Å². The summed E-state index contributed by atoms with van der Waals surface area (Å²) < 4.78 is 26.1. The van der Waals surface area contributed by atoms with Gasteiger partial charge in [-0.3, -0.25) is 4.79 Å². The summed E-state index contributed by atoms with van der Waals surface area (Å²) in [7, 11) is 0. The maximum Gasteiger partial charge on any atom is 0.223 e. The van der Waals surface area contributed by atoms with E-state index in [1.165, 1.54) is 18.9 Å². The number of carbonyl (C=O) groups excluding carboxylic acids is 1. The number of rotatable bonds is 5. The van der Waals surface area contributed by atoms with E-state index in [1.807, 2.05) is 0 Å². The Kier molecular flexibility index (Phi) is 6.36. The number of halogens is 3. The summed E-state index contributed by atoms with van der Waals surface area (Å²) in [6, 6.07) is 3.92. The average Bonchev–Trinajstić information content (AvgIpc) is 3.32. The molecule has 1 saturated heterocycles. The molecule has 2 aliphatic rings. The van der Waals surface area contributed by atoms with Crippen molar-refractivity contribution in [1.29, 1.82) is 0 Å². The lowest BCUT2D eigenvalue weighted by molar-refractivity contribution is -0.122. The highest BCUT2D eigenvalue weighted by atomic mass is 35.5. The number of piperidine rings is 1. The van der Waals surface area contributed by atoms with Crippen molar-refractivity contribution in [3.63, 3.8) is 0 Å². The minimum absolute atomic E-state index is 0. The first-order chi connectivity index (χ1) is 10.6. The molecule has 1 aromatic rings. The van der Waals surface area contributed by atoms with E-state index in [0.29, 0.717) is 12.5 Å². The molecule has 0 aromatic heterocycles. The molecule has 6 heteroatoms. The Labute approximate surface area is 141 Å². The van der Waals surface area contributed by atoms with Gasteiger partial charge in [-0.25, -0.2) is 8.78 Å². The molecule has 1 heterocycles. The van der Waals surface area contributed by atoms with Gasteiger partial charge in [0.05, 0.1) is 0 Å². The van der Waals surface area contributed by atoms with Crippen molar-refractivity contribution in [3.05, 3.63) is 35.4 Å². The molecular weight excluding hydrogens is 322 g/mol. The summed E-state index contributed by atoms with van der Waals surface area (Å²) in [5.74, 6) is -1.05. The molecule has 1 amide bonds. The van der Waals surface area contributed by atoms with Crippen LogP contribution in [0.2, 0.25) is 0 Å². The average molecular weight is 345 g/mol. The first kappa shape index (κ1) is 18.1. The summed E-state index contributed by atoms with van der Waals surface area (Å²) in [6.07, 6.45) is 4.16. The van der Waals surface area contributed by atoms with Crippen LogP contribution in [0.15, 0.2) is 18.2 Å². The van der Waals surface area contributed by atoms with Gasteiger partial charge in [-0.1, -0.05) is 6.07 Å². The van der Waals surface area contributed by atoms with Crippen LogP contribution in [-0.4, -0.2) is 25.5 Å². The number of hydrogen-bond acceptors (Lipinski definition) is 2. The van der Waals surface area contributed by atoms with E-state index in [4.69, 9.17) is 0 Å². The lowest BCUT2D eigenvalue weighted by Gasteiger charge is -2.22. The van der Waals surface area contributed by atoms with Crippen LogP contribution in [0.25, 0.3) is 0 Å². The van der Waals surface area contributed by atoms with Crippen LogP contribution in [-0.2, 0) is 4.79 Å². The van der Waals surface area contributed by atoms with Crippen LogP contribution in [0.3, 0.4) is 0 Å². The number of benzene rings is 1. The Hall–Kier alpha value is -1.20. The van der Waals surface area contributed by atoms with E-state index in [9.17, 15) is 13.6 Å². The van der Waals surface area contributed by atoms with Crippen molar-refractivity contribution < 1.29 is 13.6 Å². The van der Waals surface area contributed by atoms with Gasteiger partial charge in [-0.05, 0) is 68.3 Å². The molecule has 2 N–H and O–H groups in total. The third-order valence-electron chi connectivity index (χ3n) is 4.75. The summed E-state index contributed by atoms with van der Waals surface area (Å²) in [5, 5.41) is 6.35. The lowest BCUT2D eigenvalue weighted by Crippen LogP contribution is -2.33. The van der Waals surface area contributed by atoms with Gasteiger partial charge in [0.2, 0.25) is 5.91 Å². The topological polar surface area (TPSA) is 41.1 Å². The van der Waals surface area contributed by atoms with E-state index < -0.39 is 11.6 Å². The summed E-state index contributed by atoms with van der Waals surface area (Å²) in [6.45, 7) is 2.84. The standard InChI is InChI=1S/C17H22F2N2O.ClH/c18-15-4-3-12(8-16(15)19)13-9-14(13)17(22)21-7-5-11-2-1-6-20-10-11;/h3-4,8,11,13-14,20H,1-2,5-7,9-10H2,(H,21,22);1H. The maximum atomic E-state index is 13.2. The predicted octanol–water partition coefficient (Wildman–Crippen LogP) is 3.00. The van der Waals surface area contributed by atoms with Crippen molar-refractivity contribution >= 4 is 18.3 Å². The number of carbonyl (C=O) groups is 1. The number of amides is 1. The van der Waals surface area contributed by atoms with Gasteiger partial charge < -0.3 is 10.6 Å². The van der Waals surface area contributed by atoms with Crippen LogP contribution < -0.4 is 10.6 Å². The van der Waals surface area contributed by atoms with E-state index in [2.05, 4.69) is 10.6 Å². The molecule has 1 aromatic carbocycles. The molecule has 0 bridgehead atoms.